The van der Waals surface area contributed by atoms with E-state index in [4.69, 9.17) is 38.7 Å². The van der Waals surface area contributed by atoms with Crippen LogP contribution in [0.5, 0.6) is 0 Å². The fourth-order valence-corrected chi connectivity index (χ4v) is 0. The average molecular weight is 316 g/mol. The van der Waals surface area contributed by atoms with Crippen LogP contribution in [0.25, 0.3) is 0 Å². The third kappa shape index (κ3) is 67.7. The molecule has 1 nitrogen and oxygen atoms in total. The van der Waals surface area contributed by atoms with Crippen molar-refractivity contribution < 1.29 is 20.2 Å². The molecule has 0 spiro atoms. The second-order valence-electron chi connectivity index (χ2n) is 0.429. The van der Waals surface area contributed by atoms with E-state index in [2.05, 4.69) is 11.9 Å². The van der Waals surface area contributed by atoms with E-state index in [1.54, 1.807) is 0 Å². The second-order valence-corrected chi connectivity index (χ2v) is 22.8. The summed E-state index contributed by atoms with van der Waals surface area (Å²) in [5.74, 6) is 0. The summed E-state index contributed by atoms with van der Waals surface area (Å²) in [5.41, 5.74) is 0. The molecule has 0 fully saturated rings. The Morgan fingerprint density at radius 1 is 0.875 bits per heavy atom. The predicted octanol–water partition coefficient (Wildman–Crippen LogP) is 1.70. The second kappa shape index (κ2) is 9.83. The Bertz CT molecular complexity index is 27.9. The van der Waals surface area contributed by atoms with E-state index in [0.717, 1.165) is 0 Å². The predicted molar refractivity (Wildman–Crippen MR) is 41.4 cm³/mol. The maximum atomic E-state index is 6.47. The molecule has 0 aromatic rings. The molecule has 8 heavy (non-hydrogen) atoms. The van der Waals surface area contributed by atoms with Gasteiger partial charge in [-0.3, -0.25) is 4.66 Å². The van der Waals surface area contributed by atoms with Crippen molar-refractivity contribution in [1.82, 2.24) is 0 Å². The Kier molecular flexibility index (Phi) is 21.0. The molecule has 0 aliphatic carbocycles. The monoisotopic (exact) mass is 312 g/mol. The summed E-state index contributed by atoms with van der Waals surface area (Å²) in [6, 6.07) is 0. The summed E-state index contributed by atoms with van der Waals surface area (Å²) in [5, 5.41) is 0. The zero-order valence-corrected chi connectivity index (χ0v) is 9.07. The van der Waals surface area contributed by atoms with Gasteiger partial charge >= 0.3 is 49.5 Å². The molecule has 0 unspecified atom stereocenters. The van der Waals surface area contributed by atoms with Gasteiger partial charge < -0.3 is 0 Å². The SMILES string of the molecule is OCl.[AlH3].[Cl][Zr]([Cl])([Cl])[Cl]. The summed E-state index contributed by atoms with van der Waals surface area (Å²) in [6.07, 6.45) is 0. The van der Waals surface area contributed by atoms with Gasteiger partial charge in [-0.1, -0.05) is 0 Å². The normalized spacial score (nSPS) is 8.25. The van der Waals surface area contributed by atoms with Crippen LogP contribution in [0.2, 0.25) is 0 Å². The zero-order valence-electron chi connectivity index (χ0n) is 2.84. The molecule has 0 saturated heterocycles. The number of rotatable bonds is 0. The standard InChI is InChI=1S/Al.ClHO.4ClH.Zr.3H/c;1-2;;;;;;;;/h;2H;4*1H;;;;/q;;;;;;+4;;;/p-4. The molecule has 0 saturated carbocycles. The van der Waals surface area contributed by atoms with Crippen LogP contribution in [-0.2, 0) is 15.5 Å². The maximum absolute atomic E-state index is 6.47. The van der Waals surface area contributed by atoms with Gasteiger partial charge in [0, 0.05) is 0 Å². The third-order valence-electron chi connectivity index (χ3n) is 0. The summed E-state index contributed by atoms with van der Waals surface area (Å²) < 4.78 is 6.47. The fraction of sp³-hybridized carbons (Fsp3) is 0. The molecule has 0 aliphatic rings. The van der Waals surface area contributed by atoms with Crippen LogP contribution in [-0.4, -0.2) is 22.0 Å². The fourth-order valence-electron chi connectivity index (χ4n) is 0. The minimum absolute atomic E-state index is 0. The first kappa shape index (κ1) is 17.1. The van der Waals surface area contributed by atoms with Crippen LogP contribution in [0, 0.1) is 0 Å². The summed E-state index contributed by atoms with van der Waals surface area (Å²) in [4.78, 5) is 0. The topological polar surface area (TPSA) is 20.2 Å². The van der Waals surface area contributed by atoms with Gasteiger partial charge in [-0.15, -0.1) is 0 Å². The van der Waals surface area contributed by atoms with Crippen molar-refractivity contribution >= 4 is 63.3 Å². The average Bonchev–Trinajstić information content (AvgIpc) is 1.36. The van der Waals surface area contributed by atoms with E-state index in [1.807, 2.05) is 0 Å². The van der Waals surface area contributed by atoms with Gasteiger partial charge in [0.15, 0.2) is 17.4 Å². The van der Waals surface area contributed by atoms with E-state index >= 15 is 0 Å². The third-order valence-corrected chi connectivity index (χ3v) is 0. The Morgan fingerprint density at radius 2 is 0.875 bits per heavy atom. The van der Waals surface area contributed by atoms with Gasteiger partial charge in [-0.2, -0.15) is 0 Å². The van der Waals surface area contributed by atoms with E-state index in [-0.39, 0.29) is 17.4 Å². The van der Waals surface area contributed by atoms with Gasteiger partial charge in [0.25, 0.3) is 0 Å². The molecule has 52 valence electrons. The van der Waals surface area contributed by atoms with Crippen molar-refractivity contribution in [3.63, 3.8) is 0 Å². The first-order chi connectivity index (χ1) is 3.00. The number of hydrogen-bond acceptors (Lipinski definition) is 1. The number of hydrogen-bond donors (Lipinski definition) is 1. The number of halogens is 5. The molecule has 0 amide bonds. The van der Waals surface area contributed by atoms with E-state index in [9.17, 15) is 0 Å². The molecule has 8 heteroatoms. The van der Waals surface area contributed by atoms with E-state index in [0.29, 0.717) is 0 Å². The van der Waals surface area contributed by atoms with Crippen molar-refractivity contribution in [3.05, 3.63) is 0 Å². The molecule has 1 N–H and O–H groups in total. The molecular formula is H4AlCl5OZr. The van der Waals surface area contributed by atoms with Crippen molar-refractivity contribution in [2.24, 2.45) is 0 Å². The van der Waals surface area contributed by atoms with Crippen LogP contribution >= 0.6 is 45.9 Å². The Labute approximate surface area is 82.1 Å². The van der Waals surface area contributed by atoms with E-state index < -0.39 is 15.5 Å². The zero-order chi connectivity index (χ0) is 6.50. The first-order valence-corrected chi connectivity index (χ1v) is 13.9. The van der Waals surface area contributed by atoms with Crippen LogP contribution in [0.4, 0.5) is 0 Å². The Hall–Kier alpha value is 2.83. The van der Waals surface area contributed by atoms with Crippen molar-refractivity contribution in [2.45, 2.75) is 0 Å². The van der Waals surface area contributed by atoms with Crippen molar-refractivity contribution in [1.29, 1.82) is 0 Å². The van der Waals surface area contributed by atoms with Gasteiger partial charge in [-0.25, -0.2) is 0 Å². The molecule has 0 aromatic carbocycles. The molecule has 0 aromatic heterocycles. The van der Waals surface area contributed by atoms with Crippen LogP contribution in [0.15, 0.2) is 0 Å². The van der Waals surface area contributed by atoms with Gasteiger partial charge in [0.1, 0.15) is 0 Å². The molecule has 0 atom stereocenters. The van der Waals surface area contributed by atoms with E-state index in [1.165, 1.54) is 0 Å². The van der Waals surface area contributed by atoms with Gasteiger partial charge in [-0.05, 0) is 0 Å². The summed E-state index contributed by atoms with van der Waals surface area (Å²) in [7, 11) is 20.1. The minimum atomic E-state index is -3.29. The van der Waals surface area contributed by atoms with Gasteiger partial charge in [0.2, 0.25) is 0 Å². The van der Waals surface area contributed by atoms with Crippen molar-refractivity contribution in [3.8, 4) is 0 Å². The molecule has 0 radical (unpaired) electrons. The quantitative estimate of drug-likeness (QED) is 0.675. The summed E-state index contributed by atoms with van der Waals surface area (Å²) in [6.45, 7) is 0. The summed E-state index contributed by atoms with van der Waals surface area (Å²) >= 11 is 0.348. The molecule has 0 aliphatic heterocycles. The Morgan fingerprint density at radius 3 is 0.875 bits per heavy atom. The van der Waals surface area contributed by atoms with Crippen LogP contribution in [0.3, 0.4) is 0 Å². The molecule has 0 bridgehead atoms. The van der Waals surface area contributed by atoms with Crippen LogP contribution in [0.1, 0.15) is 0 Å². The first-order valence-electron chi connectivity index (χ1n) is 0.925. The van der Waals surface area contributed by atoms with Gasteiger partial charge in [0.05, 0.1) is 11.9 Å². The molecule has 0 heterocycles. The van der Waals surface area contributed by atoms with Crippen LogP contribution < -0.4 is 0 Å². The molecular weight excluding hydrogens is 311 g/mol. The van der Waals surface area contributed by atoms with Crippen molar-refractivity contribution in [2.75, 3.05) is 0 Å². The molecule has 0 rings (SSSR count). The Balaban J connectivity index is -0.0000000750.